The fourth-order valence-corrected chi connectivity index (χ4v) is 4.23. The lowest BCUT2D eigenvalue weighted by Crippen LogP contribution is -2.52. The molecular formula is C26H34N6O. The molecule has 0 spiro atoms. The molecule has 3 aromatic rings. The Hall–Kier alpha value is -3.48. The van der Waals surface area contributed by atoms with Crippen LogP contribution in [0.2, 0.25) is 0 Å². The van der Waals surface area contributed by atoms with Gasteiger partial charge >= 0.3 is 0 Å². The Morgan fingerprint density at radius 3 is 2.55 bits per heavy atom. The number of methoxy groups -OCH3 is 1. The van der Waals surface area contributed by atoms with Gasteiger partial charge in [-0.05, 0) is 24.6 Å². The van der Waals surface area contributed by atoms with E-state index in [0.717, 1.165) is 68.9 Å². The predicted octanol–water partition coefficient (Wildman–Crippen LogP) is 3.27. The Morgan fingerprint density at radius 2 is 1.79 bits per heavy atom. The molecule has 0 unspecified atom stereocenters. The third kappa shape index (κ3) is 5.86. The summed E-state index contributed by atoms with van der Waals surface area (Å²) in [4.78, 5) is 14.2. The van der Waals surface area contributed by atoms with E-state index in [1.807, 2.05) is 30.6 Å². The average molecular weight is 447 g/mol. The van der Waals surface area contributed by atoms with E-state index < -0.39 is 0 Å². The lowest BCUT2D eigenvalue weighted by molar-refractivity contribution is 0.367. The van der Waals surface area contributed by atoms with Crippen molar-refractivity contribution in [3.8, 4) is 5.75 Å². The van der Waals surface area contributed by atoms with E-state index in [1.165, 1.54) is 5.56 Å². The fraction of sp³-hybridized carbons (Fsp3) is 0.385. The van der Waals surface area contributed by atoms with Gasteiger partial charge in [0, 0.05) is 64.6 Å². The lowest BCUT2D eigenvalue weighted by Gasteiger charge is -2.38. The summed E-state index contributed by atoms with van der Waals surface area (Å²) in [7, 11) is 1.73. The predicted molar refractivity (Wildman–Crippen MR) is 134 cm³/mol. The minimum absolute atomic E-state index is 0.709. The standard InChI is InChI=1S/C26H34N6O/c1-3-27-26(31-19-17-30(18-20-31)23-11-7-8-12-24(23)33-2)29-14-13-25-28-15-16-32(25)21-22-9-5-4-6-10-22/h4-12,15-16H,3,13-14,17-21H2,1-2H3,(H,27,29). The molecule has 1 aromatic heterocycles. The molecule has 0 aliphatic carbocycles. The first-order chi connectivity index (χ1) is 16.3. The number of ether oxygens (including phenoxy) is 1. The average Bonchev–Trinajstić information content (AvgIpc) is 3.31. The number of aromatic nitrogens is 2. The molecule has 2 heterocycles. The van der Waals surface area contributed by atoms with Crippen LogP contribution < -0.4 is 15.0 Å². The van der Waals surface area contributed by atoms with Gasteiger partial charge in [-0.1, -0.05) is 42.5 Å². The molecule has 174 valence electrons. The highest BCUT2D eigenvalue weighted by Gasteiger charge is 2.21. The minimum atomic E-state index is 0.709. The second kappa shape index (κ2) is 11.4. The van der Waals surface area contributed by atoms with Crippen LogP contribution in [0.4, 0.5) is 5.69 Å². The summed E-state index contributed by atoms with van der Waals surface area (Å²) in [5, 5.41) is 3.47. The van der Waals surface area contributed by atoms with Gasteiger partial charge in [-0.2, -0.15) is 0 Å². The Morgan fingerprint density at radius 1 is 1.03 bits per heavy atom. The van der Waals surface area contributed by atoms with E-state index in [9.17, 15) is 0 Å². The molecule has 4 rings (SSSR count). The molecular weight excluding hydrogens is 412 g/mol. The van der Waals surface area contributed by atoms with Crippen LogP contribution in [-0.4, -0.2) is 66.8 Å². The van der Waals surface area contributed by atoms with Gasteiger partial charge in [0.05, 0.1) is 12.8 Å². The van der Waals surface area contributed by atoms with Crippen molar-refractivity contribution in [3.05, 3.63) is 78.4 Å². The van der Waals surface area contributed by atoms with Crippen molar-refractivity contribution < 1.29 is 4.74 Å². The summed E-state index contributed by atoms with van der Waals surface area (Å²) in [5.41, 5.74) is 2.44. The Kier molecular flexibility index (Phi) is 7.85. The molecule has 7 heteroatoms. The number of aliphatic imine (C=N–C) groups is 1. The van der Waals surface area contributed by atoms with Crippen molar-refractivity contribution in [2.45, 2.75) is 19.9 Å². The van der Waals surface area contributed by atoms with Gasteiger partial charge in [-0.15, -0.1) is 0 Å². The number of nitrogens with zero attached hydrogens (tertiary/aromatic N) is 5. The molecule has 0 atom stereocenters. The first kappa shape index (κ1) is 22.7. The van der Waals surface area contributed by atoms with E-state index >= 15 is 0 Å². The number of nitrogens with one attached hydrogen (secondary N) is 1. The van der Waals surface area contributed by atoms with Gasteiger partial charge in [0.1, 0.15) is 11.6 Å². The molecule has 1 fully saturated rings. The molecule has 2 aromatic carbocycles. The van der Waals surface area contributed by atoms with Crippen LogP contribution in [0.25, 0.3) is 0 Å². The fourth-order valence-electron chi connectivity index (χ4n) is 4.23. The van der Waals surface area contributed by atoms with Gasteiger partial charge < -0.3 is 24.4 Å². The monoisotopic (exact) mass is 446 g/mol. The van der Waals surface area contributed by atoms with Crippen molar-refractivity contribution in [2.75, 3.05) is 51.3 Å². The first-order valence-electron chi connectivity index (χ1n) is 11.7. The van der Waals surface area contributed by atoms with Gasteiger partial charge in [0.15, 0.2) is 5.96 Å². The van der Waals surface area contributed by atoms with Crippen LogP contribution >= 0.6 is 0 Å². The smallest absolute Gasteiger partial charge is 0.194 e. The Bertz CT molecular complexity index is 1020. The lowest BCUT2D eigenvalue weighted by atomic mass is 10.2. The molecule has 1 N–H and O–H groups in total. The highest BCUT2D eigenvalue weighted by Crippen LogP contribution is 2.28. The summed E-state index contributed by atoms with van der Waals surface area (Å²) in [6.07, 6.45) is 4.74. The van der Waals surface area contributed by atoms with Crippen molar-refractivity contribution in [1.29, 1.82) is 0 Å². The first-order valence-corrected chi connectivity index (χ1v) is 11.7. The summed E-state index contributed by atoms with van der Waals surface area (Å²) in [6.45, 7) is 8.24. The minimum Gasteiger partial charge on any atom is -0.495 e. The maximum Gasteiger partial charge on any atom is 0.194 e. The molecule has 33 heavy (non-hydrogen) atoms. The molecule has 0 saturated carbocycles. The zero-order valence-corrected chi connectivity index (χ0v) is 19.7. The second-order valence-corrected chi connectivity index (χ2v) is 8.09. The van der Waals surface area contributed by atoms with Crippen LogP contribution in [0.1, 0.15) is 18.3 Å². The number of benzene rings is 2. The van der Waals surface area contributed by atoms with Crippen LogP contribution in [0.3, 0.4) is 0 Å². The van der Waals surface area contributed by atoms with Crippen molar-refractivity contribution >= 4 is 11.6 Å². The zero-order chi connectivity index (χ0) is 22.9. The number of para-hydroxylation sites is 2. The molecule has 1 saturated heterocycles. The van der Waals surface area contributed by atoms with Crippen molar-refractivity contribution in [2.24, 2.45) is 4.99 Å². The largest absolute Gasteiger partial charge is 0.495 e. The second-order valence-electron chi connectivity index (χ2n) is 8.09. The van der Waals surface area contributed by atoms with Gasteiger partial charge in [0.2, 0.25) is 0 Å². The topological polar surface area (TPSA) is 57.9 Å². The SMILES string of the molecule is CCNC(=NCCc1nccn1Cc1ccccc1)N1CCN(c2ccccc2OC)CC1. The van der Waals surface area contributed by atoms with Crippen LogP contribution in [0.15, 0.2) is 72.0 Å². The summed E-state index contributed by atoms with van der Waals surface area (Å²) in [5.74, 6) is 2.98. The van der Waals surface area contributed by atoms with E-state index in [1.54, 1.807) is 7.11 Å². The molecule has 7 nitrogen and oxygen atoms in total. The van der Waals surface area contributed by atoms with Crippen LogP contribution in [0.5, 0.6) is 5.75 Å². The Labute approximate surface area is 196 Å². The third-order valence-electron chi connectivity index (χ3n) is 5.93. The van der Waals surface area contributed by atoms with Gasteiger partial charge in [-0.25, -0.2) is 4.98 Å². The normalized spacial score (nSPS) is 14.4. The number of piperazine rings is 1. The van der Waals surface area contributed by atoms with Crippen LogP contribution in [0, 0.1) is 0 Å². The highest BCUT2D eigenvalue weighted by molar-refractivity contribution is 5.80. The highest BCUT2D eigenvalue weighted by atomic mass is 16.5. The molecule has 0 amide bonds. The van der Waals surface area contributed by atoms with Gasteiger partial charge in [0.25, 0.3) is 0 Å². The number of hydrogen-bond acceptors (Lipinski definition) is 4. The quantitative estimate of drug-likeness (QED) is 0.425. The van der Waals surface area contributed by atoms with Crippen LogP contribution in [-0.2, 0) is 13.0 Å². The molecule has 0 radical (unpaired) electrons. The number of rotatable bonds is 8. The number of imidazole rings is 1. The summed E-state index contributed by atoms with van der Waals surface area (Å²) >= 11 is 0. The van der Waals surface area contributed by atoms with Gasteiger partial charge in [-0.3, -0.25) is 4.99 Å². The Balaban J connectivity index is 1.35. The number of anilines is 1. The third-order valence-corrected chi connectivity index (χ3v) is 5.93. The molecule has 1 aliphatic heterocycles. The van der Waals surface area contributed by atoms with Crippen molar-refractivity contribution in [3.63, 3.8) is 0 Å². The zero-order valence-electron chi connectivity index (χ0n) is 19.7. The van der Waals surface area contributed by atoms with E-state index in [0.29, 0.717) is 6.54 Å². The molecule has 1 aliphatic rings. The summed E-state index contributed by atoms with van der Waals surface area (Å²) in [6, 6.07) is 18.7. The number of guanidine groups is 1. The van der Waals surface area contributed by atoms with E-state index in [2.05, 4.69) is 68.0 Å². The maximum absolute atomic E-state index is 5.55. The van der Waals surface area contributed by atoms with Crippen molar-refractivity contribution in [1.82, 2.24) is 19.8 Å². The summed E-state index contributed by atoms with van der Waals surface area (Å²) < 4.78 is 7.76. The maximum atomic E-state index is 5.55. The molecule has 0 bridgehead atoms. The van der Waals surface area contributed by atoms with E-state index in [4.69, 9.17) is 9.73 Å². The van der Waals surface area contributed by atoms with E-state index in [-0.39, 0.29) is 0 Å². The number of hydrogen-bond donors (Lipinski definition) is 1.